The zero-order chi connectivity index (χ0) is 20.9. The number of fused-ring (bicyclic) bond motifs is 3. The fourth-order valence-electron chi connectivity index (χ4n) is 4.21. The van der Waals surface area contributed by atoms with Crippen molar-refractivity contribution in [3.63, 3.8) is 0 Å². The Morgan fingerprint density at radius 3 is 2.81 bits per heavy atom. The SMILES string of the molecule is Cn1nnc(-c2ccc(-c3ccc4c(c3)CC3C(Cn5ccnn5)OC(=O)N43)cn2)n1. The third-order valence-corrected chi connectivity index (χ3v) is 5.65. The van der Waals surface area contributed by atoms with Gasteiger partial charge in [-0.15, -0.1) is 15.3 Å². The number of carbonyl (C=O) groups excluding carboxylic acids is 1. The van der Waals surface area contributed by atoms with Crippen LogP contribution in [-0.4, -0.2) is 58.4 Å². The molecule has 0 radical (unpaired) electrons. The topological polar surface area (TPSA) is 117 Å². The minimum absolute atomic E-state index is 0.0508. The van der Waals surface area contributed by atoms with Gasteiger partial charge < -0.3 is 4.74 Å². The minimum atomic E-state index is -0.316. The molecule has 2 aliphatic rings. The van der Waals surface area contributed by atoms with Gasteiger partial charge in [0.1, 0.15) is 11.8 Å². The number of amides is 1. The summed E-state index contributed by atoms with van der Waals surface area (Å²) in [5.41, 5.74) is 4.68. The Bertz CT molecular complexity index is 1270. The average molecular weight is 415 g/mol. The number of ether oxygens (including phenoxy) is 1. The Labute approximate surface area is 176 Å². The van der Waals surface area contributed by atoms with Gasteiger partial charge >= 0.3 is 6.09 Å². The van der Waals surface area contributed by atoms with Gasteiger partial charge in [0.15, 0.2) is 0 Å². The van der Waals surface area contributed by atoms with Gasteiger partial charge in [0.25, 0.3) is 0 Å². The zero-order valence-electron chi connectivity index (χ0n) is 16.5. The number of cyclic esters (lactones) is 1. The molecule has 5 heterocycles. The number of pyridine rings is 1. The van der Waals surface area contributed by atoms with E-state index in [2.05, 4.69) is 36.8 Å². The zero-order valence-corrected chi connectivity index (χ0v) is 16.5. The number of nitrogens with zero attached hydrogens (tertiary/aromatic N) is 9. The summed E-state index contributed by atoms with van der Waals surface area (Å²) < 4.78 is 7.29. The summed E-state index contributed by atoms with van der Waals surface area (Å²) in [6.07, 6.45) is 5.32. The van der Waals surface area contributed by atoms with Gasteiger partial charge in [-0.3, -0.25) is 9.88 Å². The molecule has 31 heavy (non-hydrogen) atoms. The van der Waals surface area contributed by atoms with Crippen LogP contribution in [0.5, 0.6) is 0 Å². The molecule has 2 atom stereocenters. The van der Waals surface area contributed by atoms with Gasteiger partial charge in [0.05, 0.1) is 31.5 Å². The Morgan fingerprint density at radius 2 is 2.06 bits per heavy atom. The van der Waals surface area contributed by atoms with Crippen LogP contribution in [0.3, 0.4) is 0 Å². The van der Waals surface area contributed by atoms with E-state index in [9.17, 15) is 4.79 Å². The lowest BCUT2D eigenvalue weighted by Crippen LogP contribution is -2.35. The van der Waals surface area contributed by atoms with Crippen LogP contribution in [0.15, 0.2) is 48.9 Å². The summed E-state index contributed by atoms with van der Waals surface area (Å²) >= 11 is 0. The maximum atomic E-state index is 12.5. The van der Waals surface area contributed by atoms with E-state index in [4.69, 9.17) is 4.74 Å². The molecule has 3 aromatic heterocycles. The molecule has 154 valence electrons. The molecule has 0 bridgehead atoms. The highest BCUT2D eigenvalue weighted by Crippen LogP contribution is 2.40. The normalized spacial score (nSPS) is 19.4. The molecule has 1 aromatic carbocycles. The molecular weight excluding hydrogens is 398 g/mol. The Balaban J connectivity index is 1.26. The van der Waals surface area contributed by atoms with Crippen molar-refractivity contribution in [1.29, 1.82) is 0 Å². The number of anilines is 1. The monoisotopic (exact) mass is 415 g/mol. The minimum Gasteiger partial charge on any atom is -0.442 e. The van der Waals surface area contributed by atoms with Crippen LogP contribution in [0.1, 0.15) is 5.56 Å². The van der Waals surface area contributed by atoms with Crippen molar-refractivity contribution in [2.75, 3.05) is 4.90 Å². The number of carbonyl (C=O) groups is 1. The molecule has 1 fully saturated rings. The lowest BCUT2D eigenvalue weighted by molar-refractivity contribution is 0.117. The van der Waals surface area contributed by atoms with E-state index < -0.39 is 0 Å². The number of aryl methyl sites for hydroxylation is 1. The Morgan fingerprint density at radius 1 is 1.16 bits per heavy atom. The summed E-state index contributed by atoms with van der Waals surface area (Å²) in [4.78, 5) is 20.1. The van der Waals surface area contributed by atoms with Crippen LogP contribution < -0.4 is 4.90 Å². The van der Waals surface area contributed by atoms with Crippen LogP contribution in [0, 0.1) is 0 Å². The maximum absolute atomic E-state index is 12.5. The molecule has 0 aliphatic carbocycles. The average Bonchev–Trinajstić information content (AvgIpc) is 3.55. The van der Waals surface area contributed by atoms with Crippen molar-refractivity contribution < 1.29 is 9.53 Å². The number of tetrazole rings is 1. The summed E-state index contributed by atoms with van der Waals surface area (Å²) in [7, 11) is 1.72. The quantitative estimate of drug-likeness (QED) is 0.492. The fourth-order valence-corrected chi connectivity index (χ4v) is 4.21. The highest BCUT2D eigenvalue weighted by molar-refractivity contribution is 5.94. The second-order valence-corrected chi connectivity index (χ2v) is 7.57. The Hall–Kier alpha value is -4.15. The van der Waals surface area contributed by atoms with Gasteiger partial charge in [-0.05, 0) is 41.0 Å². The highest BCUT2D eigenvalue weighted by atomic mass is 16.6. The number of hydrogen-bond acceptors (Lipinski definition) is 8. The lowest BCUT2D eigenvalue weighted by Gasteiger charge is -2.16. The lowest BCUT2D eigenvalue weighted by atomic mass is 10.0. The van der Waals surface area contributed by atoms with Crippen molar-refractivity contribution in [2.24, 2.45) is 7.05 Å². The van der Waals surface area contributed by atoms with Crippen LogP contribution in [0.4, 0.5) is 10.5 Å². The second kappa shape index (κ2) is 6.69. The van der Waals surface area contributed by atoms with Gasteiger partial charge in [-0.1, -0.05) is 17.3 Å². The molecule has 6 rings (SSSR count). The summed E-state index contributed by atoms with van der Waals surface area (Å²) in [5.74, 6) is 0.487. The van der Waals surface area contributed by atoms with Crippen LogP contribution in [0.2, 0.25) is 0 Å². The number of aromatic nitrogens is 8. The van der Waals surface area contributed by atoms with E-state index in [-0.39, 0.29) is 18.2 Å². The van der Waals surface area contributed by atoms with E-state index in [1.807, 2.05) is 24.3 Å². The van der Waals surface area contributed by atoms with Gasteiger partial charge in [0.2, 0.25) is 5.82 Å². The molecule has 11 heteroatoms. The number of benzene rings is 1. The molecule has 2 aliphatic heterocycles. The van der Waals surface area contributed by atoms with E-state index in [1.54, 1.807) is 35.2 Å². The van der Waals surface area contributed by atoms with Gasteiger partial charge in [0, 0.05) is 18.0 Å². The van der Waals surface area contributed by atoms with Crippen molar-refractivity contribution in [2.45, 2.75) is 25.1 Å². The summed E-state index contributed by atoms with van der Waals surface area (Å²) in [5, 5.41) is 19.8. The maximum Gasteiger partial charge on any atom is 0.415 e. The molecule has 2 unspecified atom stereocenters. The van der Waals surface area contributed by atoms with Crippen LogP contribution in [-0.2, 0) is 24.8 Å². The first kappa shape index (κ1) is 17.7. The van der Waals surface area contributed by atoms with Crippen LogP contribution >= 0.6 is 0 Å². The molecule has 1 saturated heterocycles. The predicted molar refractivity (Wildman–Crippen MR) is 108 cm³/mol. The van der Waals surface area contributed by atoms with Crippen LogP contribution in [0.25, 0.3) is 22.6 Å². The van der Waals surface area contributed by atoms with E-state index in [1.165, 1.54) is 4.80 Å². The standard InChI is InChI=1S/C20H17N9O2/c1-27-24-19(23-26-27)15-4-2-13(10-21-15)12-3-5-16-14(8-12)9-17-18(31-20(30)29(16)17)11-28-7-6-22-25-28/h2-8,10,17-18H,9,11H2,1H3. The van der Waals surface area contributed by atoms with E-state index in [0.29, 0.717) is 18.1 Å². The number of rotatable bonds is 4. The van der Waals surface area contributed by atoms with Crippen molar-refractivity contribution in [3.8, 4) is 22.6 Å². The molecule has 1 amide bonds. The van der Waals surface area contributed by atoms with Gasteiger partial charge in [-0.25, -0.2) is 9.48 Å². The summed E-state index contributed by atoms with van der Waals surface area (Å²) in [6, 6.07) is 9.90. The van der Waals surface area contributed by atoms with E-state index in [0.717, 1.165) is 28.8 Å². The predicted octanol–water partition coefficient (Wildman–Crippen LogP) is 1.48. The highest BCUT2D eigenvalue weighted by Gasteiger charge is 2.47. The Kier molecular flexibility index (Phi) is 3.82. The molecule has 4 aromatic rings. The molecule has 0 saturated carbocycles. The summed E-state index contributed by atoms with van der Waals surface area (Å²) in [6.45, 7) is 0.482. The van der Waals surface area contributed by atoms with Gasteiger partial charge in [-0.2, -0.15) is 4.80 Å². The molecule has 0 N–H and O–H groups in total. The van der Waals surface area contributed by atoms with Crippen molar-refractivity contribution in [1.82, 2.24) is 40.2 Å². The molecule has 11 nitrogen and oxygen atoms in total. The molecular formula is C20H17N9O2. The first-order valence-corrected chi connectivity index (χ1v) is 9.83. The molecule has 0 spiro atoms. The fraction of sp³-hybridized carbons (Fsp3) is 0.250. The van der Waals surface area contributed by atoms with Crippen molar-refractivity contribution >= 4 is 11.8 Å². The largest absolute Gasteiger partial charge is 0.442 e. The first-order chi connectivity index (χ1) is 15.2. The third-order valence-electron chi connectivity index (χ3n) is 5.65. The second-order valence-electron chi connectivity index (χ2n) is 7.57. The number of hydrogen-bond donors (Lipinski definition) is 0. The van der Waals surface area contributed by atoms with Crippen molar-refractivity contribution in [3.05, 3.63) is 54.5 Å². The third kappa shape index (κ3) is 2.93. The van der Waals surface area contributed by atoms with E-state index >= 15 is 0 Å². The first-order valence-electron chi connectivity index (χ1n) is 9.83. The smallest absolute Gasteiger partial charge is 0.415 e.